The predicted molar refractivity (Wildman–Crippen MR) is 95.1 cm³/mol. The molecule has 8 heteroatoms. The number of H-pyrrole nitrogens is 1. The highest BCUT2D eigenvalue weighted by Crippen LogP contribution is 2.34. The van der Waals surface area contributed by atoms with Crippen molar-refractivity contribution in [1.29, 1.82) is 0 Å². The van der Waals surface area contributed by atoms with E-state index in [1.165, 1.54) is 30.0 Å². The van der Waals surface area contributed by atoms with E-state index >= 15 is 0 Å². The molecule has 24 heavy (non-hydrogen) atoms. The SMILES string of the molecule is Cc1c(C(=O)O)sc2[nH]c(=O)cc(CSc3ccc(F)c(Cl)c3)c12. The van der Waals surface area contributed by atoms with Crippen molar-refractivity contribution in [3.63, 3.8) is 0 Å². The molecule has 0 aliphatic heterocycles. The van der Waals surface area contributed by atoms with Crippen molar-refractivity contribution < 1.29 is 14.3 Å². The van der Waals surface area contributed by atoms with Crippen molar-refractivity contribution >= 4 is 50.9 Å². The monoisotopic (exact) mass is 383 g/mol. The van der Waals surface area contributed by atoms with Crippen LogP contribution in [0.4, 0.5) is 4.39 Å². The Hall–Kier alpha value is -1.83. The largest absolute Gasteiger partial charge is 0.477 e. The Morgan fingerprint density at radius 2 is 2.17 bits per heavy atom. The number of thiophene rings is 1. The minimum absolute atomic E-state index is 0.0379. The van der Waals surface area contributed by atoms with Crippen LogP contribution in [-0.4, -0.2) is 16.1 Å². The molecule has 3 aromatic rings. The molecule has 0 fully saturated rings. The van der Waals surface area contributed by atoms with Crippen LogP contribution in [0.2, 0.25) is 5.02 Å². The molecule has 0 bridgehead atoms. The molecule has 124 valence electrons. The summed E-state index contributed by atoms with van der Waals surface area (Å²) >= 11 is 8.22. The summed E-state index contributed by atoms with van der Waals surface area (Å²) in [6.07, 6.45) is 0. The van der Waals surface area contributed by atoms with Crippen molar-refractivity contribution in [2.45, 2.75) is 17.6 Å². The Balaban J connectivity index is 2.00. The number of carbonyl (C=O) groups is 1. The van der Waals surface area contributed by atoms with E-state index in [1.807, 2.05) is 0 Å². The number of halogens is 2. The molecule has 0 aliphatic rings. The zero-order valence-electron chi connectivity index (χ0n) is 12.4. The third kappa shape index (κ3) is 3.19. The molecule has 3 rings (SSSR count). The third-order valence-corrected chi connectivity index (χ3v) is 6.02. The van der Waals surface area contributed by atoms with Gasteiger partial charge < -0.3 is 10.1 Å². The number of carboxylic acids is 1. The summed E-state index contributed by atoms with van der Waals surface area (Å²) in [6.45, 7) is 1.73. The van der Waals surface area contributed by atoms with Crippen LogP contribution in [0.15, 0.2) is 34.0 Å². The van der Waals surface area contributed by atoms with Gasteiger partial charge in [0.2, 0.25) is 5.56 Å². The van der Waals surface area contributed by atoms with Crippen LogP contribution >= 0.6 is 34.7 Å². The quantitative estimate of drug-likeness (QED) is 0.642. The van der Waals surface area contributed by atoms with E-state index in [9.17, 15) is 19.1 Å². The molecule has 0 atom stereocenters. The van der Waals surface area contributed by atoms with Crippen LogP contribution in [0.3, 0.4) is 0 Å². The summed E-state index contributed by atoms with van der Waals surface area (Å²) < 4.78 is 13.2. The number of aryl methyl sites for hydroxylation is 1. The van der Waals surface area contributed by atoms with Crippen molar-refractivity contribution in [3.8, 4) is 0 Å². The molecular weight excluding hydrogens is 373 g/mol. The summed E-state index contributed by atoms with van der Waals surface area (Å²) in [5.41, 5.74) is 1.08. The number of thioether (sulfide) groups is 1. The van der Waals surface area contributed by atoms with Gasteiger partial charge in [0.15, 0.2) is 0 Å². The average molecular weight is 384 g/mol. The van der Waals surface area contributed by atoms with E-state index in [-0.39, 0.29) is 15.5 Å². The molecule has 0 spiro atoms. The standard InChI is InChI=1S/C16H11ClFNO3S2/c1-7-13-8(6-23-9-2-3-11(18)10(17)5-9)4-12(20)19-15(13)24-14(7)16(21)22/h2-5H,6H2,1H3,(H,19,20)(H,21,22). The predicted octanol–water partition coefficient (Wildman–Crippen LogP) is 4.68. The summed E-state index contributed by atoms with van der Waals surface area (Å²) in [4.78, 5) is 27.3. The maximum Gasteiger partial charge on any atom is 0.346 e. The van der Waals surface area contributed by atoms with E-state index in [1.54, 1.807) is 13.0 Å². The van der Waals surface area contributed by atoms with Gasteiger partial charge in [0, 0.05) is 22.1 Å². The molecule has 0 radical (unpaired) electrons. The van der Waals surface area contributed by atoms with E-state index in [4.69, 9.17) is 11.6 Å². The van der Waals surface area contributed by atoms with Crippen LogP contribution in [0.25, 0.3) is 10.2 Å². The maximum atomic E-state index is 13.2. The summed E-state index contributed by atoms with van der Waals surface area (Å²) in [5, 5.41) is 10.0. The second-order valence-electron chi connectivity index (χ2n) is 5.09. The Morgan fingerprint density at radius 1 is 1.42 bits per heavy atom. The molecule has 0 saturated heterocycles. The van der Waals surface area contributed by atoms with Gasteiger partial charge in [0.05, 0.1) is 5.02 Å². The van der Waals surface area contributed by atoms with Gasteiger partial charge in [-0.25, -0.2) is 9.18 Å². The second-order valence-corrected chi connectivity index (χ2v) is 7.57. The summed E-state index contributed by atoms with van der Waals surface area (Å²) in [5.74, 6) is -1.06. The number of hydrogen-bond donors (Lipinski definition) is 2. The highest BCUT2D eigenvalue weighted by atomic mass is 35.5. The van der Waals surface area contributed by atoms with Crippen molar-refractivity contribution in [1.82, 2.24) is 4.98 Å². The number of aromatic nitrogens is 1. The van der Waals surface area contributed by atoms with Crippen LogP contribution in [0, 0.1) is 12.7 Å². The van der Waals surface area contributed by atoms with E-state index in [2.05, 4.69) is 4.98 Å². The zero-order chi connectivity index (χ0) is 17.4. The van der Waals surface area contributed by atoms with E-state index in [0.717, 1.165) is 27.2 Å². The fraction of sp³-hybridized carbons (Fsp3) is 0.125. The van der Waals surface area contributed by atoms with Gasteiger partial charge in [-0.1, -0.05) is 11.6 Å². The normalized spacial score (nSPS) is 11.1. The van der Waals surface area contributed by atoms with Gasteiger partial charge in [-0.2, -0.15) is 0 Å². The van der Waals surface area contributed by atoms with Crippen LogP contribution in [-0.2, 0) is 5.75 Å². The average Bonchev–Trinajstić information content (AvgIpc) is 2.85. The van der Waals surface area contributed by atoms with Crippen LogP contribution in [0.5, 0.6) is 0 Å². The van der Waals surface area contributed by atoms with Gasteiger partial charge in [-0.05, 0) is 36.2 Å². The van der Waals surface area contributed by atoms with Gasteiger partial charge in [-0.15, -0.1) is 23.1 Å². The lowest BCUT2D eigenvalue weighted by molar-refractivity contribution is 0.0701. The second kappa shape index (κ2) is 6.58. The third-order valence-electron chi connectivity index (χ3n) is 3.49. The molecule has 0 unspecified atom stereocenters. The number of pyridine rings is 1. The van der Waals surface area contributed by atoms with Gasteiger partial charge >= 0.3 is 5.97 Å². The number of aromatic amines is 1. The Kier molecular flexibility index (Phi) is 4.67. The molecule has 4 nitrogen and oxygen atoms in total. The highest BCUT2D eigenvalue weighted by molar-refractivity contribution is 7.98. The van der Waals surface area contributed by atoms with Gasteiger partial charge in [-0.3, -0.25) is 4.79 Å². The Bertz CT molecular complexity index is 1010. The molecule has 2 N–H and O–H groups in total. The summed E-state index contributed by atoms with van der Waals surface area (Å²) in [6, 6.07) is 5.89. The first-order chi connectivity index (χ1) is 11.4. The molecule has 0 amide bonds. The lowest BCUT2D eigenvalue weighted by Gasteiger charge is -2.05. The fourth-order valence-electron chi connectivity index (χ4n) is 2.41. The van der Waals surface area contributed by atoms with Crippen molar-refractivity contribution in [3.05, 3.63) is 61.5 Å². The summed E-state index contributed by atoms with van der Waals surface area (Å²) in [7, 11) is 0. The smallest absolute Gasteiger partial charge is 0.346 e. The Morgan fingerprint density at radius 3 is 2.83 bits per heavy atom. The van der Waals surface area contributed by atoms with Crippen LogP contribution < -0.4 is 5.56 Å². The molecule has 1 aromatic carbocycles. The zero-order valence-corrected chi connectivity index (χ0v) is 14.7. The van der Waals surface area contributed by atoms with E-state index < -0.39 is 11.8 Å². The van der Waals surface area contributed by atoms with Gasteiger partial charge in [0.25, 0.3) is 0 Å². The highest BCUT2D eigenvalue weighted by Gasteiger charge is 2.18. The van der Waals surface area contributed by atoms with Crippen molar-refractivity contribution in [2.75, 3.05) is 0 Å². The van der Waals surface area contributed by atoms with E-state index in [0.29, 0.717) is 16.1 Å². The molecule has 2 heterocycles. The number of hydrogen-bond acceptors (Lipinski definition) is 4. The minimum atomic E-state index is -1.02. The number of nitrogens with one attached hydrogen (secondary N) is 1. The first-order valence-corrected chi connectivity index (χ1v) is 9.01. The lowest BCUT2D eigenvalue weighted by atomic mass is 10.1. The topological polar surface area (TPSA) is 70.2 Å². The molecule has 0 saturated carbocycles. The van der Waals surface area contributed by atoms with Crippen LogP contribution in [0.1, 0.15) is 20.8 Å². The number of fused-ring (bicyclic) bond motifs is 1. The first kappa shape index (κ1) is 17.0. The number of carboxylic acid groups (broad SMARTS) is 1. The minimum Gasteiger partial charge on any atom is -0.477 e. The number of benzene rings is 1. The molecule has 2 aromatic heterocycles. The van der Waals surface area contributed by atoms with Crippen molar-refractivity contribution in [2.24, 2.45) is 0 Å². The first-order valence-electron chi connectivity index (χ1n) is 6.83. The van der Waals surface area contributed by atoms with Gasteiger partial charge in [0.1, 0.15) is 15.5 Å². The number of aromatic carboxylic acids is 1. The molecular formula is C16H11ClFNO3S2. The maximum absolute atomic E-state index is 13.2. The Labute approximate surface area is 149 Å². The molecule has 0 aliphatic carbocycles. The lowest BCUT2D eigenvalue weighted by Crippen LogP contribution is -2.05. The number of rotatable bonds is 4. The fourth-order valence-corrected chi connectivity index (χ4v) is 4.66.